The third kappa shape index (κ3) is 4.59. The van der Waals surface area contributed by atoms with Gasteiger partial charge in [-0.3, -0.25) is 4.79 Å². The largest absolute Gasteiger partial charge is 0.457 e. The Balaban J connectivity index is 1.73. The van der Waals surface area contributed by atoms with Crippen LogP contribution in [0.4, 0.5) is 13.2 Å². The first kappa shape index (κ1) is 18.8. The predicted molar refractivity (Wildman–Crippen MR) is 92.2 cm³/mol. The van der Waals surface area contributed by atoms with Crippen LogP contribution in [0, 0.1) is 17.2 Å². The van der Waals surface area contributed by atoms with E-state index in [0.29, 0.717) is 31.5 Å². The highest BCUT2D eigenvalue weighted by atomic mass is 19.4. The first-order valence-corrected chi connectivity index (χ1v) is 8.51. The van der Waals surface area contributed by atoms with Gasteiger partial charge in [0.15, 0.2) is 0 Å². The summed E-state index contributed by atoms with van der Waals surface area (Å²) in [4.78, 5) is 14.3. The summed E-state index contributed by atoms with van der Waals surface area (Å²) in [5, 5.41) is 8.94. The number of amides is 1. The van der Waals surface area contributed by atoms with Gasteiger partial charge >= 0.3 is 6.18 Å². The predicted octanol–water partition coefficient (Wildman–Crippen LogP) is 4.87. The van der Waals surface area contributed by atoms with Crippen LogP contribution in [-0.4, -0.2) is 23.9 Å². The van der Waals surface area contributed by atoms with E-state index in [1.165, 1.54) is 18.2 Å². The molecule has 0 aliphatic carbocycles. The maximum atomic E-state index is 12.8. The summed E-state index contributed by atoms with van der Waals surface area (Å²) in [6.45, 7) is 1.02. The molecule has 1 saturated heterocycles. The number of ether oxygens (including phenoxy) is 1. The molecule has 0 saturated carbocycles. The number of carbonyl (C=O) groups is 1. The first-order chi connectivity index (χ1) is 12.9. The molecule has 0 radical (unpaired) electrons. The number of hydrogen-bond acceptors (Lipinski definition) is 3. The highest BCUT2D eigenvalue weighted by Gasteiger charge is 2.30. The van der Waals surface area contributed by atoms with Crippen LogP contribution in [0.2, 0.25) is 0 Å². The highest BCUT2D eigenvalue weighted by molar-refractivity contribution is 5.94. The number of hydrogen-bond donors (Lipinski definition) is 0. The van der Waals surface area contributed by atoms with E-state index in [4.69, 9.17) is 10.00 Å². The zero-order valence-corrected chi connectivity index (χ0v) is 14.4. The van der Waals surface area contributed by atoms with Crippen molar-refractivity contribution in [1.82, 2.24) is 4.90 Å². The van der Waals surface area contributed by atoms with Crippen LogP contribution in [0.15, 0.2) is 48.5 Å². The van der Waals surface area contributed by atoms with E-state index in [0.717, 1.165) is 12.1 Å². The number of carbonyl (C=O) groups excluding carboxylic acids is 1. The Morgan fingerprint density at radius 1 is 1.07 bits per heavy atom. The molecule has 0 N–H and O–H groups in total. The Morgan fingerprint density at radius 2 is 1.70 bits per heavy atom. The average molecular weight is 374 g/mol. The zero-order chi connectivity index (χ0) is 19.4. The number of nitrogens with zero attached hydrogens (tertiary/aromatic N) is 2. The molecule has 1 amide bonds. The maximum Gasteiger partial charge on any atom is 0.416 e. The van der Waals surface area contributed by atoms with E-state index in [2.05, 4.69) is 6.07 Å². The van der Waals surface area contributed by atoms with Crippen LogP contribution in [0.3, 0.4) is 0 Å². The van der Waals surface area contributed by atoms with Crippen molar-refractivity contribution < 1.29 is 22.7 Å². The van der Waals surface area contributed by atoms with Gasteiger partial charge in [-0.05, 0) is 49.2 Å². The number of nitriles is 1. The molecular formula is C20H17F3N2O2. The zero-order valence-electron chi connectivity index (χ0n) is 14.4. The van der Waals surface area contributed by atoms with E-state index in [1.54, 1.807) is 23.1 Å². The molecule has 3 rings (SSSR count). The van der Waals surface area contributed by atoms with Crippen molar-refractivity contribution in [3.63, 3.8) is 0 Å². The van der Waals surface area contributed by atoms with Gasteiger partial charge in [-0.1, -0.05) is 12.1 Å². The van der Waals surface area contributed by atoms with E-state index in [-0.39, 0.29) is 23.3 Å². The third-order valence-corrected chi connectivity index (χ3v) is 4.44. The second-order valence-electron chi connectivity index (χ2n) is 6.35. The van der Waals surface area contributed by atoms with Crippen LogP contribution < -0.4 is 4.74 Å². The second kappa shape index (κ2) is 7.70. The normalized spacial score (nSPS) is 15.3. The van der Waals surface area contributed by atoms with Gasteiger partial charge in [-0.25, -0.2) is 0 Å². The molecule has 1 fully saturated rings. The molecule has 0 aromatic heterocycles. The molecule has 1 heterocycles. The minimum atomic E-state index is -4.45. The number of likely N-dealkylation sites (tertiary alicyclic amines) is 1. The van der Waals surface area contributed by atoms with Gasteiger partial charge in [0.05, 0.1) is 11.6 Å². The van der Waals surface area contributed by atoms with Crippen LogP contribution in [0.5, 0.6) is 11.5 Å². The summed E-state index contributed by atoms with van der Waals surface area (Å²) in [6.07, 6.45) is -3.17. The summed E-state index contributed by atoms with van der Waals surface area (Å²) < 4.78 is 43.9. The molecule has 2 aromatic rings. The highest BCUT2D eigenvalue weighted by Crippen LogP contribution is 2.33. The van der Waals surface area contributed by atoms with Gasteiger partial charge in [0.1, 0.15) is 11.5 Å². The molecule has 1 aliphatic rings. The lowest BCUT2D eigenvalue weighted by Gasteiger charge is -2.29. The number of rotatable bonds is 3. The Bertz CT molecular complexity index is 866. The number of benzene rings is 2. The summed E-state index contributed by atoms with van der Waals surface area (Å²) >= 11 is 0. The van der Waals surface area contributed by atoms with Crippen molar-refractivity contribution in [3.05, 3.63) is 59.7 Å². The van der Waals surface area contributed by atoms with Crippen LogP contribution in [0.1, 0.15) is 28.8 Å². The lowest BCUT2D eigenvalue weighted by Crippen LogP contribution is -2.38. The van der Waals surface area contributed by atoms with Crippen molar-refractivity contribution in [1.29, 1.82) is 5.26 Å². The third-order valence-electron chi connectivity index (χ3n) is 4.44. The molecule has 0 spiro atoms. The van der Waals surface area contributed by atoms with Crippen LogP contribution >= 0.6 is 0 Å². The van der Waals surface area contributed by atoms with Crippen molar-refractivity contribution in [3.8, 4) is 17.6 Å². The molecule has 0 bridgehead atoms. The molecule has 7 heteroatoms. The molecular weight excluding hydrogens is 357 g/mol. The topological polar surface area (TPSA) is 53.3 Å². The van der Waals surface area contributed by atoms with E-state index in [1.807, 2.05) is 0 Å². The maximum absolute atomic E-state index is 12.8. The van der Waals surface area contributed by atoms with Crippen LogP contribution in [-0.2, 0) is 6.18 Å². The second-order valence-corrected chi connectivity index (χ2v) is 6.35. The molecule has 27 heavy (non-hydrogen) atoms. The van der Waals surface area contributed by atoms with Gasteiger partial charge in [0, 0.05) is 24.6 Å². The van der Waals surface area contributed by atoms with Crippen molar-refractivity contribution in [2.45, 2.75) is 19.0 Å². The Kier molecular flexibility index (Phi) is 5.36. The first-order valence-electron chi connectivity index (χ1n) is 8.51. The Morgan fingerprint density at radius 3 is 2.33 bits per heavy atom. The summed E-state index contributed by atoms with van der Waals surface area (Å²) in [6, 6.07) is 13.2. The fraction of sp³-hybridized carbons (Fsp3) is 0.300. The lowest BCUT2D eigenvalue weighted by atomic mass is 9.98. The van der Waals surface area contributed by atoms with E-state index in [9.17, 15) is 18.0 Å². The summed E-state index contributed by atoms with van der Waals surface area (Å²) in [7, 11) is 0. The van der Waals surface area contributed by atoms with Crippen molar-refractivity contribution in [2.75, 3.05) is 13.1 Å². The van der Waals surface area contributed by atoms with E-state index < -0.39 is 11.7 Å². The van der Waals surface area contributed by atoms with Gasteiger partial charge in [-0.2, -0.15) is 18.4 Å². The molecule has 140 valence electrons. The minimum absolute atomic E-state index is 0.0235. The fourth-order valence-corrected chi connectivity index (χ4v) is 2.96. The lowest BCUT2D eigenvalue weighted by molar-refractivity contribution is -0.137. The SMILES string of the molecule is N#CC1CCN(C(=O)c2cccc(Oc3cccc(C(F)(F)F)c3)c2)CC1. The number of piperidine rings is 1. The average Bonchev–Trinajstić information content (AvgIpc) is 2.67. The van der Waals surface area contributed by atoms with Gasteiger partial charge in [-0.15, -0.1) is 0 Å². The van der Waals surface area contributed by atoms with Crippen LogP contribution in [0.25, 0.3) is 0 Å². The standard InChI is InChI=1S/C20H17F3N2O2/c21-20(22,23)16-4-2-6-18(12-16)27-17-5-1-3-15(11-17)19(26)25-9-7-14(13-24)8-10-25/h1-6,11-12,14H,7-10H2. The Hall–Kier alpha value is -3.01. The van der Waals surface area contributed by atoms with Gasteiger partial charge < -0.3 is 9.64 Å². The number of alkyl halides is 3. The molecule has 0 unspecified atom stereocenters. The quantitative estimate of drug-likeness (QED) is 0.770. The monoisotopic (exact) mass is 374 g/mol. The number of halogens is 3. The van der Waals surface area contributed by atoms with Crippen molar-refractivity contribution in [2.24, 2.45) is 5.92 Å². The smallest absolute Gasteiger partial charge is 0.416 e. The molecule has 2 aromatic carbocycles. The summed E-state index contributed by atoms with van der Waals surface area (Å²) in [5.41, 5.74) is -0.400. The molecule has 1 aliphatic heterocycles. The Labute approximate surface area is 154 Å². The van der Waals surface area contributed by atoms with Crippen molar-refractivity contribution >= 4 is 5.91 Å². The summed E-state index contributed by atoms with van der Waals surface area (Å²) in [5.74, 6) is 0.127. The molecule has 0 atom stereocenters. The van der Waals surface area contributed by atoms with E-state index >= 15 is 0 Å². The van der Waals surface area contributed by atoms with Gasteiger partial charge in [0.25, 0.3) is 5.91 Å². The minimum Gasteiger partial charge on any atom is -0.457 e. The van der Waals surface area contributed by atoms with Gasteiger partial charge in [0.2, 0.25) is 0 Å². The molecule has 4 nitrogen and oxygen atoms in total. The fourth-order valence-electron chi connectivity index (χ4n) is 2.96.